The average Bonchev–Trinajstić information content (AvgIpc) is 2.51. The van der Waals surface area contributed by atoms with Crippen LogP contribution in [0.5, 0.6) is 5.75 Å². The quantitative estimate of drug-likeness (QED) is 0.872. The van der Waals surface area contributed by atoms with Crippen LogP contribution in [-0.2, 0) is 6.42 Å². The van der Waals surface area contributed by atoms with E-state index in [1.807, 2.05) is 26.0 Å². The van der Waals surface area contributed by atoms with Crippen molar-refractivity contribution in [3.63, 3.8) is 0 Å². The molecule has 0 saturated heterocycles. The third kappa shape index (κ3) is 2.53. The highest BCUT2D eigenvalue weighted by Gasteiger charge is 2.33. The first-order chi connectivity index (χ1) is 7.93. The van der Waals surface area contributed by atoms with Crippen LogP contribution in [0.2, 0.25) is 0 Å². The lowest BCUT2D eigenvalue weighted by Crippen LogP contribution is -2.25. The molecule has 1 N–H and O–H groups in total. The minimum absolute atomic E-state index is 0.0581. The van der Waals surface area contributed by atoms with Crippen LogP contribution in [0.3, 0.4) is 0 Å². The highest BCUT2D eigenvalue weighted by atomic mass is 79.9. The van der Waals surface area contributed by atoms with E-state index < -0.39 is 0 Å². The molecule has 1 aliphatic heterocycles. The number of hydrogen-bond acceptors (Lipinski definition) is 3. The molecule has 0 aromatic heterocycles. The SMILES string of the molecule is CNCC(=O)c1cc(Br)cc2c1OC(C)(C)C2. The van der Waals surface area contributed by atoms with Gasteiger partial charge < -0.3 is 10.1 Å². The summed E-state index contributed by atoms with van der Waals surface area (Å²) in [6.45, 7) is 4.40. The maximum Gasteiger partial charge on any atom is 0.180 e. The maximum atomic E-state index is 12.0. The van der Waals surface area contributed by atoms with Gasteiger partial charge >= 0.3 is 0 Å². The second kappa shape index (κ2) is 4.42. The maximum absolute atomic E-state index is 12.0. The number of hydrogen-bond donors (Lipinski definition) is 1. The molecule has 1 aromatic rings. The molecule has 0 bridgehead atoms. The molecule has 2 rings (SSSR count). The summed E-state index contributed by atoms with van der Waals surface area (Å²) < 4.78 is 6.81. The second-order valence-corrected chi connectivity index (χ2v) is 5.85. The van der Waals surface area contributed by atoms with Crippen molar-refractivity contribution in [3.05, 3.63) is 27.7 Å². The molecule has 0 radical (unpaired) electrons. The molecule has 0 spiro atoms. The number of ether oxygens (including phenoxy) is 1. The summed E-state index contributed by atoms with van der Waals surface area (Å²) in [4.78, 5) is 12.0. The number of rotatable bonds is 3. The Hall–Kier alpha value is -0.870. The molecule has 1 aliphatic rings. The standard InChI is InChI=1S/C13H16BrNO2/c1-13(2)6-8-4-9(14)5-10(12(8)17-13)11(16)7-15-3/h4-5,15H,6-7H2,1-3H3. The van der Waals surface area contributed by atoms with E-state index in [9.17, 15) is 4.79 Å². The van der Waals surface area contributed by atoms with Gasteiger partial charge in [-0.2, -0.15) is 0 Å². The lowest BCUT2D eigenvalue weighted by molar-refractivity contribution is 0.0979. The Morgan fingerprint density at radius 2 is 2.24 bits per heavy atom. The number of Topliss-reactive ketones (excluding diaryl/α,β-unsaturated/α-hetero) is 1. The minimum atomic E-state index is -0.224. The van der Waals surface area contributed by atoms with Crippen molar-refractivity contribution >= 4 is 21.7 Å². The van der Waals surface area contributed by atoms with E-state index in [2.05, 4.69) is 21.2 Å². The fourth-order valence-electron chi connectivity index (χ4n) is 2.14. The zero-order valence-electron chi connectivity index (χ0n) is 10.3. The van der Waals surface area contributed by atoms with E-state index in [0.717, 1.165) is 22.2 Å². The van der Waals surface area contributed by atoms with Crippen LogP contribution in [0.4, 0.5) is 0 Å². The van der Waals surface area contributed by atoms with Gasteiger partial charge in [-0.15, -0.1) is 0 Å². The van der Waals surface area contributed by atoms with Crippen LogP contribution in [0.1, 0.15) is 29.8 Å². The monoisotopic (exact) mass is 297 g/mol. The first-order valence-corrected chi connectivity index (χ1v) is 6.41. The van der Waals surface area contributed by atoms with Crippen LogP contribution >= 0.6 is 15.9 Å². The van der Waals surface area contributed by atoms with E-state index in [0.29, 0.717) is 12.1 Å². The Morgan fingerprint density at radius 1 is 1.53 bits per heavy atom. The summed E-state index contributed by atoms with van der Waals surface area (Å²) >= 11 is 3.44. The molecule has 0 atom stereocenters. The molecule has 0 aliphatic carbocycles. The number of carbonyl (C=O) groups is 1. The third-order valence-corrected chi connectivity index (χ3v) is 3.22. The fourth-order valence-corrected chi connectivity index (χ4v) is 2.64. The summed E-state index contributed by atoms with van der Waals surface area (Å²) in [5, 5.41) is 2.88. The smallest absolute Gasteiger partial charge is 0.180 e. The van der Waals surface area contributed by atoms with E-state index in [-0.39, 0.29) is 11.4 Å². The summed E-state index contributed by atoms with van der Waals surface area (Å²) in [7, 11) is 1.76. The number of ketones is 1. The largest absolute Gasteiger partial charge is 0.486 e. The number of carbonyl (C=O) groups excluding carboxylic acids is 1. The molecule has 92 valence electrons. The van der Waals surface area contributed by atoms with Crippen molar-refractivity contribution in [3.8, 4) is 5.75 Å². The van der Waals surface area contributed by atoms with Gasteiger partial charge in [-0.1, -0.05) is 15.9 Å². The third-order valence-electron chi connectivity index (χ3n) is 2.76. The van der Waals surface area contributed by atoms with Crippen molar-refractivity contribution in [1.29, 1.82) is 0 Å². The van der Waals surface area contributed by atoms with Crippen molar-refractivity contribution < 1.29 is 9.53 Å². The molecular formula is C13H16BrNO2. The molecule has 3 nitrogen and oxygen atoms in total. The van der Waals surface area contributed by atoms with Crippen LogP contribution < -0.4 is 10.1 Å². The molecule has 17 heavy (non-hydrogen) atoms. The average molecular weight is 298 g/mol. The van der Waals surface area contributed by atoms with Gasteiger partial charge in [0.2, 0.25) is 0 Å². The van der Waals surface area contributed by atoms with Gasteiger partial charge in [0, 0.05) is 10.9 Å². The minimum Gasteiger partial charge on any atom is -0.486 e. The van der Waals surface area contributed by atoms with Crippen molar-refractivity contribution in [1.82, 2.24) is 5.32 Å². The van der Waals surface area contributed by atoms with Crippen LogP contribution in [0.25, 0.3) is 0 Å². The first-order valence-electron chi connectivity index (χ1n) is 5.62. The van der Waals surface area contributed by atoms with E-state index in [1.165, 1.54) is 0 Å². The number of benzene rings is 1. The Bertz CT molecular complexity index is 469. The molecule has 1 heterocycles. The second-order valence-electron chi connectivity index (χ2n) is 4.93. The Labute approximate surface area is 110 Å². The normalized spacial score (nSPS) is 16.5. The fraction of sp³-hybridized carbons (Fsp3) is 0.462. The van der Waals surface area contributed by atoms with Crippen molar-refractivity contribution in [2.24, 2.45) is 0 Å². The zero-order valence-corrected chi connectivity index (χ0v) is 11.8. The van der Waals surface area contributed by atoms with E-state index in [4.69, 9.17) is 4.74 Å². The molecule has 4 heteroatoms. The molecule has 0 saturated carbocycles. The molecule has 0 unspecified atom stereocenters. The van der Waals surface area contributed by atoms with Gasteiger partial charge in [0.25, 0.3) is 0 Å². The molecular weight excluding hydrogens is 282 g/mol. The van der Waals surface area contributed by atoms with Gasteiger partial charge in [0.05, 0.1) is 12.1 Å². The topological polar surface area (TPSA) is 38.3 Å². The molecule has 0 amide bonds. The Balaban J connectivity index is 2.45. The number of fused-ring (bicyclic) bond motifs is 1. The predicted molar refractivity (Wildman–Crippen MR) is 70.8 cm³/mol. The lowest BCUT2D eigenvalue weighted by atomic mass is 9.99. The first kappa shape index (κ1) is 12.6. The van der Waals surface area contributed by atoms with Gasteiger partial charge in [-0.05, 0) is 38.6 Å². The highest BCUT2D eigenvalue weighted by molar-refractivity contribution is 9.10. The Morgan fingerprint density at radius 3 is 2.88 bits per heavy atom. The summed E-state index contributed by atoms with van der Waals surface area (Å²) in [5.41, 5.74) is 1.54. The number of halogens is 1. The molecule has 1 aromatic carbocycles. The van der Waals surface area contributed by atoms with E-state index >= 15 is 0 Å². The highest BCUT2D eigenvalue weighted by Crippen LogP contribution is 2.39. The predicted octanol–water partition coefficient (Wildman–Crippen LogP) is 2.56. The van der Waals surface area contributed by atoms with Gasteiger partial charge in [0.15, 0.2) is 5.78 Å². The molecule has 0 fully saturated rings. The van der Waals surface area contributed by atoms with Crippen molar-refractivity contribution in [2.75, 3.05) is 13.6 Å². The zero-order chi connectivity index (χ0) is 12.6. The Kier molecular flexibility index (Phi) is 3.27. The number of likely N-dealkylation sites (N-methyl/N-ethyl adjacent to an activating group) is 1. The van der Waals surface area contributed by atoms with Gasteiger partial charge in [-0.3, -0.25) is 4.79 Å². The number of nitrogens with one attached hydrogen (secondary N) is 1. The lowest BCUT2D eigenvalue weighted by Gasteiger charge is -2.18. The van der Waals surface area contributed by atoms with E-state index in [1.54, 1.807) is 7.05 Å². The van der Waals surface area contributed by atoms with Crippen molar-refractivity contribution in [2.45, 2.75) is 25.9 Å². The van der Waals surface area contributed by atoms with Gasteiger partial charge in [0.1, 0.15) is 11.4 Å². The summed E-state index contributed by atoms with van der Waals surface area (Å²) in [6.07, 6.45) is 0.835. The van der Waals surface area contributed by atoms with Gasteiger partial charge in [-0.25, -0.2) is 0 Å². The van der Waals surface area contributed by atoms with Crippen LogP contribution in [0.15, 0.2) is 16.6 Å². The van der Waals surface area contributed by atoms with Crippen LogP contribution in [-0.4, -0.2) is 25.0 Å². The van der Waals surface area contributed by atoms with Crippen LogP contribution in [0, 0.1) is 0 Å². The summed E-state index contributed by atoms with van der Waals surface area (Å²) in [6, 6.07) is 3.86. The summed E-state index contributed by atoms with van der Waals surface area (Å²) in [5.74, 6) is 0.807.